The van der Waals surface area contributed by atoms with E-state index in [1.807, 2.05) is 4.90 Å². The Bertz CT molecular complexity index is 1220. The van der Waals surface area contributed by atoms with E-state index in [9.17, 15) is 18.4 Å². The van der Waals surface area contributed by atoms with Crippen molar-refractivity contribution in [3.8, 4) is 0 Å². The number of anilines is 2. The van der Waals surface area contributed by atoms with Crippen LogP contribution in [0.1, 0.15) is 37.3 Å². The molecule has 1 saturated heterocycles. The van der Waals surface area contributed by atoms with Gasteiger partial charge in [0.25, 0.3) is 0 Å². The van der Waals surface area contributed by atoms with Crippen molar-refractivity contribution < 1.29 is 23.1 Å². The molecule has 2 aliphatic rings. The number of hydrogen-bond acceptors (Lipinski definition) is 6. The van der Waals surface area contributed by atoms with Crippen LogP contribution in [0.5, 0.6) is 0 Å². The van der Waals surface area contributed by atoms with E-state index >= 15 is 0 Å². The molecule has 5 rings (SSSR count). The van der Waals surface area contributed by atoms with Gasteiger partial charge in [-0.25, -0.2) is 18.3 Å². The first-order valence-electron chi connectivity index (χ1n) is 10.4. The number of rotatable bonds is 5. The second-order valence-corrected chi connectivity index (χ2v) is 8.16. The lowest BCUT2D eigenvalue weighted by Gasteiger charge is -2.26. The molecular formula is C22H21F2N5O3. The molecule has 1 aromatic carbocycles. The van der Waals surface area contributed by atoms with Crippen LogP contribution in [0.4, 0.5) is 20.3 Å². The van der Waals surface area contributed by atoms with Crippen LogP contribution >= 0.6 is 0 Å². The van der Waals surface area contributed by atoms with Crippen molar-refractivity contribution in [3.63, 3.8) is 0 Å². The van der Waals surface area contributed by atoms with Gasteiger partial charge in [-0.1, -0.05) is 0 Å². The Morgan fingerprint density at radius 1 is 1.25 bits per heavy atom. The van der Waals surface area contributed by atoms with E-state index in [0.717, 1.165) is 18.6 Å². The summed E-state index contributed by atoms with van der Waals surface area (Å²) in [5.41, 5.74) is -0.114. The predicted octanol–water partition coefficient (Wildman–Crippen LogP) is 3.24. The molecule has 8 nitrogen and oxygen atoms in total. The molecule has 1 N–H and O–H groups in total. The fraction of sp³-hybridized carbons (Fsp3) is 0.364. The first-order chi connectivity index (χ1) is 15.4. The van der Waals surface area contributed by atoms with E-state index in [0.29, 0.717) is 48.5 Å². The van der Waals surface area contributed by atoms with E-state index in [2.05, 4.69) is 15.4 Å². The van der Waals surface area contributed by atoms with Crippen LogP contribution in [0.2, 0.25) is 0 Å². The molecule has 0 bridgehead atoms. The first kappa shape index (κ1) is 20.3. The van der Waals surface area contributed by atoms with Crippen molar-refractivity contribution in [3.05, 3.63) is 53.9 Å². The smallest absolute Gasteiger partial charge is 0.321 e. The maximum atomic E-state index is 14.4. The van der Waals surface area contributed by atoms with Gasteiger partial charge >= 0.3 is 5.97 Å². The number of aromatic nitrogens is 3. The fourth-order valence-electron chi connectivity index (χ4n) is 4.33. The van der Waals surface area contributed by atoms with Crippen LogP contribution in [0, 0.1) is 17.0 Å². The number of hydrogen-bond donors (Lipinski definition) is 1. The maximum absolute atomic E-state index is 14.4. The highest BCUT2D eigenvalue weighted by Gasteiger charge is 2.58. The number of esters is 1. The summed E-state index contributed by atoms with van der Waals surface area (Å²) in [7, 11) is 1.26. The number of carbonyl (C=O) groups excluding carboxylic acids is 2. The monoisotopic (exact) mass is 441 g/mol. The summed E-state index contributed by atoms with van der Waals surface area (Å²) in [6.07, 6.45) is 5.48. The largest absolute Gasteiger partial charge is 0.468 e. The van der Waals surface area contributed by atoms with Gasteiger partial charge in [-0.2, -0.15) is 5.10 Å². The van der Waals surface area contributed by atoms with Crippen molar-refractivity contribution in [1.82, 2.24) is 14.6 Å². The summed E-state index contributed by atoms with van der Waals surface area (Å²) in [6, 6.07) is 4.86. The third kappa shape index (κ3) is 3.26. The Labute approximate surface area is 182 Å². The maximum Gasteiger partial charge on any atom is 0.321 e. The number of carbonyl (C=O) groups is 2. The van der Waals surface area contributed by atoms with E-state index in [1.165, 1.54) is 23.9 Å². The molecule has 0 radical (unpaired) electrons. The van der Waals surface area contributed by atoms with Gasteiger partial charge in [0.15, 0.2) is 5.65 Å². The van der Waals surface area contributed by atoms with Crippen molar-refractivity contribution >= 4 is 29.0 Å². The minimum absolute atomic E-state index is 0.292. The molecule has 32 heavy (non-hydrogen) atoms. The summed E-state index contributed by atoms with van der Waals surface area (Å²) in [6.45, 7) is 0.630. The molecule has 1 unspecified atom stereocenters. The Morgan fingerprint density at radius 2 is 2.06 bits per heavy atom. The normalized spacial score (nSPS) is 19.2. The molecule has 3 aromatic rings. The van der Waals surface area contributed by atoms with E-state index < -0.39 is 28.9 Å². The lowest BCUT2D eigenvalue weighted by molar-refractivity contribution is -0.150. The Hall–Kier alpha value is -3.56. The topological polar surface area (TPSA) is 88.8 Å². The summed E-state index contributed by atoms with van der Waals surface area (Å²) < 4.78 is 34.5. The second kappa shape index (κ2) is 7.54. The lowest BCUT2D eigenvalue weighted by atomic mass is 10.0. The Kier molecular flexibility index (Phi) is 4.79. The van der Waals surface area contributed by atoms with Crippen LogP contribution in [-0.4, -0.2) is 40.1 Å². The number of nitrogens with zero attached hydrogens (tertiary/aromatic N) is 4. The number of nitrogens with one attached hydrogen (secondary N) is 1. The number of benzene rings is 1. The third-order valence-electron chi connectivity index (χ3n) is 6.23. The molecule has 1 saturated carbocycles. The molecule has 3 heterocycles. The number of amides is 1. The summed E-state index contributed by atoms with van der Waals surface area (Å²) in [5, 5.41) is 6.95. The van der Waals surface area contributed by atoms with Crippen LogP contribution in [0.25, 0.3) is 5.65 Å². The second-order valence-electron chi connectivity index (χ2n) is 8.16. The van der Waals surface area contributed by atoms with Gasteiger partial charge in [-0.3, -0.25) is 9.59 Å². The first-order valence-corrected chi connectivity index (χ1v) is 10.4. The molecular weight excluding hydrogens is 420 g/mol. The van der Waals surface area contributed by atoms with Crippen molar-refractivity contribution in [2.45, 2.75) is 31.7 Å². The van der Waals surface area contributed by atoms with Gasteiger partial charge in [0.05, 0.1) is 19.3 Å². The standard InChI is InChI=1S/C22H21F2N5O3/c1-32-21(31)22(7-8-22)20(30)26-16-12-25-29-10-6-18(27-19(16)29)28-9-2-3-17(28)14-11-13(23)4-5-15(14)24/h4-6,10-12,17H,2-3,7-9H2,1H3,(H,26,30). The van der Waals surface area contributed by atoms with Crippen molar-refractivity contribution in [1.29, 1.82) is 0 Å². The molecule has 1 atom stereocenters. The average Bonchev–Trinajstić information content (AvgIpc) is 3.31. The number of fused-ring (bicyclic) bond motifs is 1. The van der Waals surface area contributed by atoms with Gasteiger partial charge in [-0.05, 0) is 49.9 Å². The summed E-state index contributed by atoms with van der Waals surface area (Å²) >= 11 is 0. The lowest BCUT2D eigenvalue weighted by Crippen LogP contribution is -2.32. The molecule has 10 heteroatoms. The minimum atomic E-state index is -1.16. The molecule has 166 valence electrons. The van der Waals surface area contributed by atoms with E-state index in [1.54, 1.807) is 12.3 Å². The highest BCUT2D eigenvalue weighted by molar-refractivity contribution is 6.12. The van der Waals surface area contributed by atoms with Crippen LogP contribution < -0.4 is 10.2 Å². The minimum Gasteiger partial charge on any atom is -0.468 e. The number of halogens is 2. The van der Waals surface area contributed by atoms with Crippen molar-refractivity contribution in [2.24, 2.45) is 5.41 Å². The SMILES string of the molecule is COC(=O)C1(C(=O)Nc2cnn3ccc(N4CCCC4c4cc(F)ccc4F)nc23)CC1. The highest BCUT2D eigenvalue weighted by Crippen LogP contribution is 2.47. The van der Waals surface area contributed by atoms with E-state index in [-0.39, 0.29) is 6.04 Å². The zero-order valence-electron chi connectivity index (χ0n) is 17.3. The van der Waals surface area contributed by atoms with Gasteiger partial charge in [0.1, 0.15) is 28.6 Å². The third-order valence-corrected chi connectivity index (χ3v) is 6.23. The van der Waals surface area contributed by atoms with Gasteiger partial charge in [-0.15, -0.1) is 0 Å². The number of ether oxygens (including phenoxy) is 1. The zero-order valence-corrected chi connectivity index (χ0v) is 17.3. The highest BCUT2D eigenvalue weighted by atomic mass is 19.1. The van der Waals surface area contributed by atoms with Crippen molar-refractivity contribution in [2.75, 3.05) is 23.9 Å². The molecule has 2 fully saturated rings. The predicted molar refractivity (Wildman–Crippen MR) is 111 cm³/mol. The Balaban J connectivity index is 1.45. The fourth-order valence-corrected chi connectivity index (χ4v) is 4.33. The molecule has 1 aliphatic heterocycles. The molecule has 1 amide bonds. The van der Waals surface area contributed by atoms with Crippen LogP contribution in [-0.2, 0) is 14.3 Å². The van der Waals surface area contributed by atoms with Crippen LogP contribution in [0.15, 0.2) is 36.7 Å². The van der Waals surface area contributed by atoms with Gasteiger partial charge in [0, 0.05) is 18.3 Å². The van der Waals surface area contributed by atoms with Crippen LogP contribution in [0.3, 0.4) is 0 Å². The molecule has 0 spiro atoms. The zero-order chi connectivity index (χ0) is 22.5. The summed E-state index contributed by atoms with van der Waals surface area (Å²) in [4.78, 5) is 31.3. The van der Waals surface area contributed by atoms with E-state index in [4.69, 9.17) is 4.74 Å². The van der Waals surface area contributed by atoms with Gasteiger partial charge < -0.3 is 15.0 Å². The molecule has 2 aromatic heterocycles. The number of methoxy groups -OCH3 is 1. The Morgan fingerprint density at radius 3 is 2.81 bits per heavy atom. The summed E-state index contributed by atoms with van der Waals surface area (Å²) in [5.74, 6) is -1.39. The quantitative estimate of drug-likeness (QED) is 0.483. The molecule has 1 aliphatic carbocycles. The average molecular weight is 441 g/mol. The van der Waals surface area contributed by atoms with Gasteiger partial charge in [0.2, 0.25) is 5.91 Å².